The largest absolute Gasteiger partial charge is 0.507 e. The summed E-state index contributed by atoms with van der Waals surface area (Å²) in [7, 11) is 0. The van der Waals surface area contributed by atoms with Crippen LogP contribution >= 0.6 is 11.3 Å². The van der Waals surface area contributed by atoms with E-state index in [1.54, 1.807) is 38.1 Å². The number of aromatic nitrogens is 1. The van der Waals surface area contributed by atoms with Gasteiger partial charge in [-0.15, -0.1) is 0 Å². The van der Waals surface area contributed by atoms with Crippen molar-refractivity contribution < 1.29 is 33.4 Å². The van der Waals surface area contributed by atoms with Crippen LogP contribution in [0.2, 0.25) is 0 Å². The minimum atomic E-state index is -1.10. The molecule has 1 fully saturated rings. The zero-order valence-corrected chi connectivity index (χ0v) is 22.0. The number of halogens is 1. The zero-order valence-electron chi connectivity index (χ0n) is 21.2. The topological polar surface area (TPSA) is 106 Å². The number of unbranched alkanes of at least 4 members (excludes halogenated alkanes) is 1. The van der Waals surface area contributed by atoms with Crippen LogP contribution in [0.3, 0.4) is 0 Å². The van der Waals surface area contributed by atoms with Crippen LogP contribution in [0.15, 0.2) is 54.1 Å². The van der Waals surface area contributed by atoms with Gasteiger partial charge in [-0.05, 0) is 62.2 Å². The van der Waals surface area contributed by atoms with E-state index in [2.05, 4.69) is 11.9 Å². The lowest BCUT2D eigenvalue weighted by molar-refractivity contribution is -0.132. The zero-order chi connectivity index (χ0) is 27.4. The maximum Gasteiger partial charge on any atom is 0.350 e. The smallest absolute Gasteiger partial charge is 0.350 e. The van der Waals surface area contributed by atoms with Crippen molar-refractivity contribution in [3.63, 3.8) is 0 Å². The van der Waals surface area contributed by atoms with Crippen molar-refractivity contribution in [3.05, 3.63) is 81.6 Å². The van der Waals surface area contributed by atoms with Crippen molar-refractivity contribution in [2.45, 2.75) is 39.7 Å². The number of hydrogen-bond acceptors (Lipinski definition) is 8. The van der Waals surface area contributed by atoms with Gasteiger partial charge in [0, 0.05) is 5.56 Å². The standard InChI is InChI=1S/C28H27FN2O6S/c1-4-6-15-37-20-13-9-18(10-14-20)23(32)21-22(17-7-11-19(29)12-8-17)31(26(34)24(21)33)28-30-16(3)25(38-28)27(35)36-5-2/h7-14,22,32H,4-6,15H2,1-3H3. The van der Waals surface area contributed by atoms with Crippen LogP contribution in [0.5, 0.6) is 5.75 Å². The van der Waals surface area contributed by atoms with Gasteiger partial charge in [0.2, 0.25) is 0 Å². The van der Waals surface area contributed by atoms with Gasteiger partial charge in [-0.25, -0.2) is 14.2 Å². The summed E-state index contributed by atoms with van der Waals surface area (Å²) in [6.45, 7) is 6.04. The number of aryl methyl sites for hydroxylation is 1. The lowest BCUT2D eigenvalue weighted by atomic mass is 9.95. The minimum Gasteiger partial charge on any atom is -0.507 e. The average molecular weight is 539 g/mol. The first-order valence-electron chi connectivity index (χ1n) is 12.2. The van der Waals surface area contributed by atoms with Crippen molar-refractivity contribution in [1.29, 1.82) is 0 Å². The molecule has 8 nitrogen and oxygen atoms in total. The van der Waals surface area contributed by atoms with Crippen LogP contribution in [-0.2, 0) is 14.3 Å². The molecule has 2 aromatic carbocycles. The maximum atomic E-state index is 13.8. The summed E-state index contributed by atoms with van der Waals surface area (Å²) in [6.07, 6.45) is 1.89. The number of aliphatic hydroxyl groups is 1. The molecule has 1 N–H and O–H groups in total. The number of ether oxygens (including phenoxy) is 2. The third kappa shape index (κ3) is 5.31. The van der Waals surface area contributed by atoms with Crippen LogP contribution in [0.25, 0.3) is 5.76 Å². The fourth-order valence-corrected chi connectivity index (χ4v) is 5.05. The lowest BCUT2D eigenvalue weighted by Gasteiger charge is -2.23. The van der Waals surface area contributed by atoms with Crippen LogP contribution in [0, 0.1) is 12.7 Å². The number of anilines is 1. The molecule has 198 valence electrons. The summed E-state index contributed by atoms with van der Waals surface area (Å²) in [5.74, 6) is -2.73. The number of benzene rings is 2. The van der Waals surface area contributed by atoms with Gasteiger partial charge < -0.3 is 14.6 Å². The minimum absolute atomic E-state index is 0.0840. The Labute approximate surface area is 223 Å². The monoisotopic (exact) mass is 538 g/mol. The van der Waals surface area contributed by atoms with Crippen LogP contribution in [0.4, 0.5) is 9.52 Å². The second kappa shape index (κ2) is 11.6. The molecule has 0 saturated carbocycles. The molecule has 1 aromatic heterocycles. The normalized spacial score (nSPS) is 16.6. The second-order valence-corrected chi connectivity index (χ2v) is 9.56. The number of aliphatic hydroxyl groups excluding tert-OH is 1. The van der Waals surface area contributed by atoms with Gasteiger partial charge in [-0.2, -0.15) is 0 Å². The summed E-state index contributed by atoms with van der Waals surface area (Å²) < 4.78 is 24.5. The molecule has 1 saturated heterocycles. The highest BCUT2D eigenvalue weighted by atomic mass is 32.1. The first kappa shape index (κ1) is 27.0. The van der Waals surface area contributed by atoms with Crippen LogP contribution in [-0.4, -0.2) is 41.0 Å². The van der Waals surface area contributed by atoms with Crippen LogP contribution < -0.4 is 9.64 Å². The number of esters is 1. The Hall–Kier alpha value is -4.05. The molecule has 0 spiro atoms. The lowest BCUT2D eigenvalue weighted by Crippen LogP contribution is -2.29. The SMILES string of the molecule is CCCCOc1ccc(C(O)=C2C(=O)C(=O)N(c3nc(C)c(C(=O)OCC)s3)C2c2ccc(F)cc2)cc1. The Morgan fingerprint density at radius 2 is 1.79 bits per heavy atom. The highest BCUT2D eigenvalue weighted by Crippen LogP contribution is 2.44. The maximum absolute atomic E-state index is 13.8. The van der Waals surface area contributed by atoms with Gasteiger partial charge in [-0.1, -0.05) is 36.8 Å². The van der Waals surface area contributed by atoms with Gasteiger partial charge >= 0.3 is 11.9 Å². The van der Waals surface area contributed by atoms with Crippen molar-refractivity contribution in [2.24, 2.45) is 0 Å². The summed E-state index contributed by atoms with van der Waals surface area (Å²) in [5, 5.41) is 11.3. The fraction of sp³-hybridized carbons (Fsp3) is 0.286. The molecule has 1 aliphatic rings. The molecule has 1 unspecified atom stereocenters. The second-order valence-electron chi connectivity index (χ2n) is 8.58. The van der Waals surface area contributed by atoms with Gasteiger partial charge in [0.1, 0.15) is 22.2 Å². The number of ketones is 1. The third-order valence-corrected chi connectivity index (χ3v) is 7.11. The third-order valence-electron chi connectivity index (χ3n) is 5.98. The number of carbonyl (C=O) groups excluding carboxylic acids is 3. The predicted octanol–water partition coefficient (Wildman–Crippen LogP) is 5.57. The molecule has 38 heavy (non-hydrogen) atoms. The molecule has 3 aromatic rings. The quantitative estimate of drug-likeness (QED) is 0.125. The Kier molecular flexibility index (Phi) is 8.21. The van der Waals surface area contributed by atoms with E-state index < -0.39 is 29.5 Å². The highest BCUT2D eigenvalue weighted by Gasteiger charge is 2.48. The summed E-state index contributed by atoms with van der Waals surface area (Å²) >= 11 is 0.905. The van der Waals surface area contributed by atoms with E-state index in [0.717, 1.165) is 29.1 Å². The molecule has 0 radical (unpaired) electrons. The van der Waals surface area contributed by atoms with E-state index in [1.807, 2.05) is 0 Å². The molecule has 1 atom stereocenters. The molecule has 0 bridgehead atoms. The molecule has 4 rings (SSSR count). The number of hydrogen-bond donors (Lipinski definition) is 1. The average Bonchev–Trinajstić information content (AvgIpc) is 3.41. The van der Waals surface area contributed by atoms with E-state index in [-0.39, 0.29) is 27.9 Å². The summed E-state index contributed by atoms with van der Waals surface area (Å²) in [4.78, 5) is 44.7. The first-order chi connectivity index (χ1) is 18.3. The van der Waals surface area contributed by atoms with E-state index in [9.17, 15) is 23.9 Å². The number of rotatable bonds is 9. The Morgan fingerprint density at radius 3 is 2.42 bits per heavy atom. The van der Waals surface area contributed by atoms with Gasteiger partial charge in [0.15, 0.2) is 5.13 Å². The Balaban J connectivity index is 1.80. The van der Waals surface area contributed by atoms with E-state index in [0.29, 0.717) is 29.2 Å². The number of nitrogens with zero attached hydrogens (tertiary/aromatic N) is 2. The highest BCUT2D eigenvalue weighted by molar-refractivity contribution is 7.17. The van der Waals surface area contributed by atoms with E-state index >= 15 is 0 Å². The van der Waals surface area contributed by atoms with Gasteiger partial charge in [0.05, 0.1) is 30.5 Å². The molecular formula is C28H27FN2O6S. The number of thiazole rings is 1. The molecular weight excluding hydrogens is 511 g/mol. The number of carbonyl (C=O) groups is 3. The number of amides is 1. The first-order valence-corrected chi connectivity index (χ1v) is 13.0. The number of Topliss-reactive ketones (excluding diaryl/α,β-unsaturated/α-hetero) is 1. The molecule has 1 amide bonds. The Bertz CT molecular complexity index is 1380. The van der Waals surface area contributed by atoms with Crippen molar-refractivity contribution in [2.75, 3.05) is 18.1 Å². The predicted molar refractivity (Wildman–Crippen MR) is 141 cm³/mol. The summed E-state index contributed by atoms with van der Waals surface area (Å²) in [5.41, 5.74) is 0.853. The molecule has 1 aliphatic heterocycles. The van der Waals surface area contributed by atoms with E-state index in [4.69, 9.17) is 9.47 Å². The van der Waals surface area contributed by atoms with Gasteiger partial charge in [-0.3, -0.25) is 14.5 Å². The Morgan fingerprint density at radius 1 is 1.11 bits per heavy atom. The molecule has 0 aliphatic carbocycles. The van der Waals surface area contributed by atoms with Crippen molar-refractivity contribution >= 4 is 39.9 Å². The summed E-state index contributed by atoms with van der Waals surface area (Å²) in [6, 6.07) is 10.7. The van der Waals surface area contributed by atoms with Gasteiger partial charge in [0.25, 0.3) is 5.78 Å². The molecule has 10 heteroatoms. The van der Waals surface area contributed by atoms with Crippen molar-refractivity contribution in [1.82, 2.24) is 4.98 Å². The van der Waals surface area contributed by atoms with E-state index in [1.165, 1.54) is 24.3 Å². The molecule has 2 heterocycles. The fourth-order valence-electron chi connectivity index (χ4n) is 4.06. The van der Waals surface area contributed by atoms with Crippen LogP contribution in [0.1, 0.15) is 59.2 Å². The van der Waals surface area contributed by atoms with Crippen molar-refractivity contribution in [3.8, 4) is 5.75 Å².